The molecule has 3 aromatic rings. The van der Waals surface area contributed by atoms with Crippen molar-refractivity contribution in [3.8, 4) is 5.75 Å². The summed E-state index contributed by atoms with van der Waals surface area (Å²) in [6.45, 7) is 7.13. The van der Waals surface area contributed by atoms with Crippen molar-refractivity contribution >= 4 is 23.6 Å². The van der Waals surface area contributed by atoms with Gasteiger partial charge < -0.3 is 24.8 Å². The Bertz CT molecular complexity index is 1730. The molecule has 6 rings (SSSR count). The van der Waals surface area contributed by atoms with E-state index in [0.29, 0.717) is 5.56 Å². The molecule has 0 bridgehead atoms. The highest BCUT2D eigenvalue weighted by Crippen LogP contribution is 2.45. The van der Waals surface area contributed by atoms with E-state index in [0.717, 1.165) is 16.5 Å². The fourth-order valence-electron chi connectivity index (χ4n) is 5.79. The van der Waals surface area contributed by atoms with Gasteiger partial charge in [0, 0.05) is 41.9 Å². The Morgan fingerprint density at radius 2 is 1.87 bits per heavy atom. The van der Waals surface area contributed by atoms with Gasteiger partial charge in [0.2, 0.25) is 17.5 Å². The van der Waals surface area contributed by atoms with E-state index in [-0.39, 0.29) is 48.4 Å². The number of halogens is 2. The third-order valence-electron chi connectivity index (χ3n) is 8.73. The topological polar surface area (TPSA) is 116 Å². The Kier molecular flexibility index (Phi) is 8.12. The number of aromatic nitrogens is 1. The van der Waals surface area contributed by atoms with Crippen molar-refractivity contribution in [1.82, 2.24) is 9.58 Å². The van der Waals surface area contributed by atoms with Crippen LogP contribution < -0.4 is 20.9 Å². The summed E-state index contributed by atoms with van der Waals surface area (Å²) in [6.07, 6.45) is -0.480. The molecular weight excluding hydrogens is 606 g/mol. The van der Waals surface area contributed by atoms with Gasteiger partial charge in [-0.1, -0.05) is 38.1 Å². The van der Waals surface area contributed by atoms with Gasteiger partial charge in [0.25, 0.3) is 5.91 Å². The molecular formula is C32H34F2N4O6S. The van der Waals surface area contributed by atoms with Crippen LogP contribution >= 0.6 is 11.8 Å². The monoisotopic (exact) mass is 640 g/mol. The number of benzene rings is 2. The number of amides is 1. The van der Waals surface area contributed by atoms with Crippen molar-refractivity contribution in [1.29, 1.82) is 0 Å². The van der Waals surface area contributed by atoms with E-state index in [9.17, 15) is 18.8 Å². The molecule has 3 aliphatic heterocycles. The number of fused-ring (bicyclic) bond motifs is 4. The number of ether oxygens (including phenoxy) is 3. The molecule has 2 unspecified atom stereocenters. The zero-order valence-electron chi connectivity index (χ0n) is 25.3. The van der Waals surface area contributed by atoms with E-state index >= 15 is 4.39 Å². The Morgan fingerprint density at radius 1 is 1.11 bits per heavy atom. The molecule has 0 saturated carbocycles. The first kappa shape index (κ1) is 31.1. The quantitative estimate of drug-likeness (QED) is 0.316. The SMILES string of the molecule is CC(OC(=O)C(C)(N)C(C)C)Oc1c2n(ccc1=O)N([C@@H]1c3ccccc3SCc3c1ccc(F)c3F)[C@@H]1COCCN1C2=O. The number of hydrogen-bond acceptors (Lipinski definition) is 9. The Hall–Kier alpha value is -3.94. The van der Waals surface area contributed by atoms with Crippen LogP contribution in [0.1, 0.15) is 60.9 Å². The van der Waals surface area contributed by atoms with Crippen LogP contribution in [-0.4, -0.2) is 59.2 Å². The lowest BCUT2D eigenvalue weighted by molar-refractivity contribution is -0.169. The molecule has 0 spiro atoms. The molecule has 238 valence electrons. The Balaban J connectivity index is 1.52. The molecule has 0 radical (unpaired) electrons. The lowest BCUT2D eigenvalue weighted by Crippen LogP contribution is -2.66. The van der Waals surface area contributed by atoms with Crippen LogP contribution in [0.15, 0.2) is 58.4 Å². The number of rotatable bonds is 6. The number of carbonyl (C=O) groups excluding carboxylic acids is 2. The van der Waals surface area contributed by atoms with Crippen molar-refractivity contribution in [2.75, 3.05) is 24.8 Å². The number of nitrogens with zero attached hydrogens (tertiary/aromatic N) is 3. The maximum absolute atomic E-state index is 15.4. The van der Waals surface area contributed by atoms with Gasteiger partial charge in [-0.15, -0.1) is 11.8 Å². The number of thioether (sulfide) groups is 1. The molecule has 45 heavy (non-hydrogen) atoms. The van der Waals surface area contributed by atoms with Crippen LogP contribution in [0.4, 0.5) is 8.78 Å². The molecule has 0 aliphatic carbocycles. The van der Waals surface area contributed by atoms with Crippen LogP contribution in [0.2, 0.25) is 0 Å². The highest BCUT2D eigenvalue weighted by atomic mass is 32.2. The third kappa shape index (κ3) is 5.26. The van der Waals surface area contributed by atoms with Crippen molar-refractivity contribution in [2.45, 2.75) is 62.4 Å². The fourth-order valence-corrected chi connectivity index (χ4v) is 6.90. The second kappa shape index (κ2) is 11.8. The van der Waals surface area contributed by atoms with Gasteiger partial charge in [-0.3, -0.25) is 19.3 Å². The van der Waals surface area contributed by atoms with E-state index < -0.39 is 53.0 Å². The van der Waals surface area contributed by atoms with Gasteiger partial charge in [0.1, 0.15) is 11.7 Å². The largest absolute Gasteiger partial charge is 0.448 e. The highest BCUT2D eigenvalue weighted by molar-refractivity contribution is 7.98. The van der Waals surface area contributed by atoms with Crippen LogP contribution in [0.5, 0.6) is 5.75 Å². The van der Waals surface area contributed by atoms with Crippen LogP contribution in [0, 0.1) is 17.6 Å². The molecule has 10 nitrogen and oxygen atoms in total. The minimum absolute atomic E-state index is 0.0959. The predicted octanol–water partition coefficient (Wildman–Crippen LogP) is 3.91. The number of pyridine rings is 1. The number of carbonyl (C=O) groups is 2. The number of morpholine rings is 1. The molecule has 4 atom stereocenters. The second-order valence-corrected chi connectivity index (χ2v) is 12.8. The minimum atomic E-state index is -1.32. The van der Waals surface area contributed by atoms with Crippen molar-refractivity contribution in [3.63, 3.8) is 0 Å². The van der Waals surface area contributed by atoms with Gasteiger partial charge in [-0.05, 0) is 36.1 Å². The average molecular weight is 641 g/mol. The van der Waals surface area contributed by atoms with E-state index in [1.54, 1.807) is 31.7 Å². The summed E-state index contributed by atoms with van der Waals surface area (Å²) in [5.41, 5.74) is 5.67. The maximum atomic E-state index is 15.4. The molecule has 2 N–H and O–H groups in total. The first-order chi connectivity index (χ1) is 21.4. The summed E-state index contributed by atoms with van der Waals surface area (Å²) in [6, 6.07) is 10.7. The lowest BCUT2D eigenvalue weighted by Gasteiger charge is -2.51. The summed E-state index contributed by atoms with van der Waals surface area (Å²) in [5, 5.41) is 1.84. The molecule has 1 aromatic heterocycles. The van der Waals surface area contributed by atoms with Crippen molar-refractivity contribution < 1.29 is 32.6 Å². The normalized spacial score (nSPS) is 21.1. The maximum Gasteiger partial charge on any atom is 0.329 e. The van der Waals surface area contributed by atoms with E-state index in [1.807, 2.05) is 29.3 Å². The third-order valence-corrected chi connectivity index (χ3v) is 9.84. The first-order valence-corrected chi connectivity index (χ1v) is 15.7. The molecule has 1 saturated heterocycles. The van der Waals surface area contributed by atoms with E-state index in [2.05, 4.69) is 0 Å². The molecule has 1 amide bonds. The first-order valence-electron chi connectivity index (χ1n) is 14.7. The number of hydrogen-bond donors (Lipinski definition) is 1. The minimum Gasteiger partial charge on any atom is -0.448 e. The van der Waals surface area contributed by atoms with Crippen LogP contribution in [0.3, 0.4) is 0 Å². The zero-order chi connectivity index (χ0) is 32.2. The zero-order valence-corrected chi connectivity index (χ0v) is 26.1. The summed E-state index contributed by atoms with van der Waals surface area (Å²) < 4.78 is 48.7. The molecule has 1 fully saturated rings. The standard InChI is InChI=1S/C32H34F2N4O6S/c1-17(2)32(4,35)31(41)44-18(3)43-29-23(39)11-12-37-28(29)30(40)36-13-14-42-15-25(36)38(37)27-19-9-10-22(33)26(34)21(19)16-45-24-8-6-5-7-20(24)27/h5-12,17-18,25,27H,13-16,35H2,1-4H3/t18?,25-,27+,32?/m1/s1. The highest BCUT2D eigenvalue weighted by Gasteiger charge is 2.47. The summed E-state index contributed by atoms with van der Waals surface area (Å²) in [5.74, 6) is -3.48. The van der Waals surface area contributed by atoms with Crippen molar-refractivity contribution in [2.24, 2.45) is 11.7 Å². The van der Waals surface area contributed by atoms with Crippen LogP contribution in [0.25, 0.3) is 0 Å². The number of esters is 1. The molecule has 3 aliphatic rings. The van der Waals surface area contributed by atoms with Gasteiger partial charge in [-0.2, -0.15) is 0 Å². The summed E-state index contributed by atoms with van der Waals surface area (Å²) >= 11 is 1.39. The number of nitrogens with two attached hydrogens (primary N) is 1. The van der Waals surface area contributed by atoms with Gasteiger partial charge >= 0.3 is 5.97 Å². The molecule has 4 heterocycles. The lowest BCUT2D eigenvalue weighted by atomic mass is 9.90. The van der Waals surface area contributed by atoms with Gasteiger partial charge in [-0.25, -0.2) is 13.6 Å². The molecule has 13 heteroatoms. The Morgan fingerprint density at radius 3 is 2.62 bits per heavy atom. The fraction of sp³-hybridized carbons (Fsp3) is 0.406. The van der Waals surface area contributed by atoms with Gasteiger partial charge in [0.05, 0.1) is 19.3 Å². The molecule has 2 aromatic carbocycles. The summed E-state index contributed by atoms with van der Waals surface area (Å²) in [4.78, 5) is 42.7. The van der Waals surface area contributed by atoms with Crippen molar-refractivity contribution in [3.05, 3.63) is 92.9 Å². The summed E-state index contributed by atoms with van der Waals surface area (Å²) in [7, 11) is 0. The Labute approximate surface area is 263 Å². The van der Waals surface area contributed by atoms with Gasteiger partial charge in [0.15, 0.2) is 17.3 Å². The predicted molar refractivity (Wildman–Crippen MR) is 162 cm³/mol. The van der Waals surface area contributed by atoms with E-state index in [1.165, 1.54) is 35.6 Å². The average Bonchev–Trinajstić information content (AvgIpc) is 3.18. The smallest absolute Gasteiger partial charge is 0.329 e. The second-order valence-electron chi connectivity index (χ2n) is 11.8. The van der Waals surface area contributed by atoms with Crippen LogP contribution in [-0.2, 0) is 20.0 Å². The van der Waals surface area contributed by atoms with E-state index in [4.69, 9.17) is 19.9 Å².